The van der Waals surface area contributed by atoms with Crippen LogP contribution in [0.3, 0.4) is 0 Å². The van der Waals surface area contributed by atoms with Crippen molar-refractivity contribution in [2.45, 2.75) is 6.43 Å². The van der Waals surface area contributed by atoms with Crippen LogP contribution in [0, 0.1) is 10.1 Å². The second kappa shape index (κ2) is 3.70. The van der Waals surface area contributed by atoms with Gasteiger partial charge in [0, 0.05) is 0 Å². The third-order valence-corrected chi connectivity index (χ3v) is 1.87. The lowest BCUT2D eigenvalue weighted by Gasteiger charge is -2.04. The van der Waals surface area contributed by atoms with Crippen LogP contribution in [-0.2, 0) is 0 Å². The highest BCUT2D eigenvalue weighted by Gasteiger charge is 2.28. The van der Waals surface area contributed by atoms with Crippen LogP contribution in [0.2, 0.25) is 5.02 Å². The van der Waals surface area contributed by atoms with Gasteiger partial charge in [-0.1, -0.05) is 11.6 Å². The molecule has 0 aliphatic heterocycles. The number of alkyl halides is 2. The number of hydrogen-bond acceptors (Lipinski definition) is 4. The lowest BCUT2D eigenvalue weighted by molar-refractivity contribution is -0.391. The molecule has 1 aromatic rings. The number of nitrogens with two attached hydrogens (primary N) is 1. The first-order valence-corrected chi connectivity index (χ1v) is 3.69. The van der Waals surface area contributed by atoms with Gasteiger partial charge in [-0.15, -0.1) is 0 Å². The molecular weight excluding hydrogens is 220 g/mol. The maximum Gasteiger partial charge on any atom is 0.374 e. The predicted octanol–water partition coefficient (Wildman–Crippen LogP) is 2.16. The van der Waals surface area contributed by atoms with E-state index in [-0.39, 0.29) is 5.69 Å². The Labute approximate surface area is 81.6 Å². The summed E-state index contributed by atoms with van der Waals surface area (Å²) in [5.41, 5.74) is 4.01. The molecule has 5 nitrogen and oxygen atoms in total. The zero-order valence-electron chi connectivity index (χ0n) is 6.58. The molecule has 2 N–H and O–H groups in total. The Morgan fingerprint density at radius 2 is 2.21 bits per heavy atom. The summed E-state index contributed by atoms with van der Waals surface area (Å²) < 4.78 is 24.7. The highest BCUT2D eigenvalue weighted by atomic mass is 35.5. The molecule has 1 heterocycles. The van der Waals surface area contributed by atoms with Crippen molar-refractivity contribution < 1.29 is 13.7 Å². The van der Waals surface area contributed by atoms with Gasteiger partial charge in [-0.25, -0.2) is 8.78 Å². The maximum absolute atomic E-state index is 12.3. The van der Waals surface area contributed by atoms with Crippen molar-refractivity contribution in [1.82, 2.24) is 4.98 Å². The fraction of sp³-hybridized carbons (Fsp3) is 0.167. The van der Waals surface area contributed by atoms with Crippen molar-refractivity contribution >= 4 is 23.1 Å². The number of rotatable bonds is 2. The molecule has 76 valence electrons. The van der Waals surface area contributed by atoms with Crippen LogP contribution < -0.4 is 5.73 Å². The van der Waals surface area contributed by atoms with E-state index in [4.69, 9.17) is 17.3 Å². The first-order chi connectivity index (χ1) is 6.45. The van der Waals surface area contributed by atoms with Crippen molar-refractivity contribution in [1.29, 1.82) is 0 Å². The lowest BCUT2D eigenvalue weighted by Crippen LogP contribution is -2.02. The standard InChI is InChI=1S/C6H4ClF2N3O2/c7-4-2(10)1-11-6(12(13)14)3(4)5(8)9/h1,5H,10H2. The molecule has 0 spiro atoms. The Bertz CT molecular complexity index is 386. The van der Waals surface area contributed by atoms with Gasteiger partial charge in [0.15, 0.2) is 6.20 Å². The minimum Gasteiger partial charge on any atom is -0.394 e. The number of nitro groups is 1. The Morgan fingerprint density at radius 1 is 1.64 bits per heavy atom. The minimum atomic E-state index is -3.08. The van der Waals surface area contributed by atoms with Crippen LogP contribution in [0.1, 0.15) is 12.0 Å². The van der Waals surface area contributed by atoms with E-state index in [1.54, 1.807) is 0 Å². The molecule has 0 aliphatic rings. The molecule has 0 aromatic carbocycles. The van der Waals surface area contributed by atoms with E-state index in [9.17, 15) is 18.9 Å². The monoisotopic (exact) mass is 223 g/mol. The lowest BCUT2D eigenvalue weighted by atomic mass is 10.2. The van der Waals surface area contributed by atoms with Gasteiger partial charge in [0.1, 0.15) is 5.56 Å². The van der Waals surface area contributed by atoms with Gasteiger partial charge in [0.25, 0.3) is 6.43 Å². The van der Waals surface area contributed by atoms with E-state index in [0.29, 0.717) is 0 Å². The molecule has 14 heavy (non-hydrogen) atoms. The molecule has 0 amide bonds. The van der Waals surface area contributed by atoms with Crippen LogP contribution in [-0.4, -0.2) is 9.91 Å². The van der Waals surface area contributed by atoms with Crippen molar-refractivity contribution in [3.63, 3.8) is 0 Å². The molecule has 0 atom stereocenters. The fourth-order valence-corrected chi connectivity index (χ4v) is 1.07. The number of nitrogen functional groups attached to an aromatic ring is 1. The van der Waals surface area contributed by atoms with E-state index in [0.717, 1.165) is 6.20 Å². The van der Waals surface area contributed by atoms with Gasteiger partial charge in [-0.3, -0.25) is 0 Å². The summed E-state index contributed by atoms with van der Waals surface area (Å²) in [6.45, 7) is 0. The van der Waals surface area contributed by atoms with Crippen molar-refractivity contribution in [2.24, 2.45) is 0 Å². The summed E-state index contributed by atoms with van der Waals surface area (Å²) in [7, 11) is 0. The molecule has 0 aliphatic carbocycles. The van der Waals surface area contributed by atoms with Crippen LogP contribution in [0.5, 0.6) is 0 Å². The molecule has 0 fully saturated rings. The van der Waals surface area contributed by atoms with E-state index < -0.39 is 27.8 Å². The Morgan fingerprint density at radius 3 is 2.64 bits per heavy atom. The quantitative estimate of drug-likeness (QED) is 0.615. The number of halogens is 3. The van der Waals surface area contributed by atoms with Gasteiger partial charge in [0.2, 0.25) is 0 Å². The number of pyridine rings is 1. The van der Waals surface area contributed by atoms with Gasteiger partial charge < -0.3 is 15.8 Å². The minimum absolute atomic E-state index is 0.215. The summed E-state index contributed by atoms with van der Waals surface area (Å²) in [5.74, 6) is -0.973. The smallest absolute Gasteiger partial charge is 0.374 e. The van der Waals surface area contributed by atoms with Gasteiger partial charge in [-0.05, 0) is 9.91 Å². The highest BCUT2D eigenvalue weighted by Crippen LogP contribution is 2.36. The molecule has 0 saturated carbocycles. The molecule has 0 unspecified atom stereocenters. The van der Waals surface area contributed by atoms with Crippen LogP contribution in [0.15, 0.2) is 6.20 Å². The van der Waals surface area contributed by atoms with Gasteiger partial charge >= 0.3 is 5.82 Å². The molecule has 8 heteroatoms. The number of aromatic nitrogens is 1. The Balaban J connectivity index is 3.45. The third-order valence-electron chi connectivity index (χ3n) is 1.45. The van der Waals surface area contributed by atoms with Gasteiger partial charge in [0.05, 0.1) is 10.7 Å². The fourth-order valence-electron chi connectivity index (χ4n) is 0.849. The normalized spacial score (nSPS) is 10.6. The first-order valence-electron chi connectivity index (χ1n) is 3.31. The van der Waals surface area contributed by atoms with E-state index in [1.807, 2.05) is 0 Å². The number of hydrogen-bond donors (Lipinski definition) is 1. The van der Waals surface area contributed by atoms with Crippen LogP contribution in [0.25, 0.3) is 0 Å². The predicted molar refractivity (Wildman–Crippen MR) is 45.3 cm³/mol. The molecule has 0 bridgehead atoms. The Hall–Kier alpha value is -1.50. The molecule has 0 saturated heterocycles. The van der Waals surface area contributed by atoms with E-state index in [1.165, 1.54) is 0 Å². The van der Waals surface area contributed by atoms with E-state index in [2.05, 4.69) is 4.98 Å². The summed E-state index contributed by atoms with van der Waals surface area (Å²) in [4.78, 5) is 12.4. The Kier molecular flexibility index (Phi) is 2.80. The van der Waals surface area contributed by atoms with Crippen LogP contribution >= 0.6 is 11.6 Å². The van der Waals surface area contributed by atoms with E-state index >= 15 is 0 Å². The number of nitrogens with zero attached hydrogens (tertiary/aromatic N) is 2. The number of anilines is 1. The largest absolute Gasteiger partial charge is 0.394 e. The summed E-state index contributed by atoms with van der Waals surface area (Å²) in [6, 6.07) is 0. The molecule has 0 radical (unpaired) electrons. The third kappa shape index (κ3) is 1.72. The SMILES string of the molecule is Nc1cnc([N+](=O)[O-])c(C(F)F)c1Cl. The van der Waals surface area contributed by atoms with Crippen molar-refractivity contribution in [2.75, 3.05) is 5.73 Å². The zero-order chi connectivity index (χ0) is 10.9. The second-order valence-electron chi connectivity index (χ2n) is 2.32. The average molecular weight is 224 g/mol. The summed E-state index contributed by atoms with van der Waals surface area (Å²) in [5, 5.41) is 9.77. The van der Waals surface area contributed by atoms with Crippen molar-refractivity contribution in [3.05, 3.63) is 26.9 Å². The maximum atomic E-state index is 12.3. The zero-order valence-corrected chi connectivity index (χ0v) is 7.33. The topological polar surface area (TPSA) is 82.0 Å². The molecular formula is C6H4ClF2N3O2. The summed E-state index contributed by atoms with van der Waals surface area (Å²) >= 11 is 5.39. The van der Waals surface area contributed by atoms with Crippen molar-refractivity contribution in [3.8, 4) is 0 Å². The first kappa shape index (κ1) is 10.6. The summed E-state index contributed by atoms with van der Waals surface area (Å²) in [6.07, 6.45) is -2.22. The van der Waals surface area contributed by atoms with Gasteiger partial charge in [-0.2, -0.15) is 0 Å². The molecule has 1 rings (SSSR count). The second-order valence-corrected chi connectivity index (χ2v) is 2.70. The molecule has 1 aromatic heterocycles. The van der Waals surface area contributed by atoms with Crippen LogP contribution in [0.4, 0.5) is 20.3 Å². The highest BCUT2D eigenvalue weighted by molar-refractivity contribution is 6.34. The average Bonchev–Trinajstić information content (AvgIpc) is 2.08.